The Bertz CT molecular complexity index is 3180. The summed E-state index contributed by atoms with van der Waals surface area (Å²) >= 11 is 0. The maximum absolute atomic E-state index is 16.9. The molecule has 0 saturated heterocycles. The van der Waals surface area contributed by atoms with Crippen molar-refractivity contribution < 1.29 is 8.63 Å². The second-order valence-corrected chi connectivity index (χ2v) is 17.7. The van der Waals surface area contributed by atoms with Gasteiger partial charge in [0.05, 0.1) is 11.0 Å². The Morgan fingerprint density at radius 1 is 0.385 bits per heavy atom. The number of hydrogen-bond acceptors (Lipinski definition) is 2. The van der Waals surface area contributed by atoms with Crippen LogP contribution in [0.5, 0.6) is 0 Å². The predicted octanol–water partition coefficient (Wildman–Crippen LogP) is 12.7. The number of hydrogen-bond donors (Lipinski definition) is 0. The van der Waals surface area contributed by atoms with Crippen LogP contribution in [0.2, 0.25) is 0 Å². The number of benzene rings is 8. The van der Waals surface area contributed by atoms with Crippen LogP contribution in [0, 0.1) is 0 Å². The highest BCUT2D eigenvalue weighted by atomic mass is 32.3. The maximum Gasteiger partial charge on any atom is 0.136 e. The maximum atomic E-state index is 16.9. The van der Waals surface area contributed by atoms with Crippen molar-refractivity contribution in [2.45, 2.75) is 19.6 Å². The van der Waals surface area contributed by atoms with Gasteiger partial charge in [0.25, 0.3) is 0 Å². The average Bonchev–Trinajstić information content (AvgIpc) is 3.88. The summed E-state index contributed by atoms with van der Waals surface area (Å²) in [7, 11) is -3.90. The number of aromatic nitrogens is 1. The molecule has 0 fully saturated rings. The van der Waals surface area contributed by atoms with E-state index in [9.17, 15) is 0 Å². The third-order valence-corrected chi connectivity index (χ3v) is 16.3. The highest BCUT2D eigenvalue weighted by Crippen LogP contribution is 2.71. The van der Waals surface area contributed by atoms with Gasteiger partial charge in [-0.25, -0.2) is 0 Å². The van der Waals surface area contributed by atoms with Crippen molar-refractivity contribution in [1.82, 2.24) is 4.57 Å². The molecule has 8 aromatic carbocycles. The van der Waals surface area contributed by atoms with Crippen LogP contribution in [0.15, 0.2) is 200 Å². The quantitative estimate of drug-likeness (QED) is 0.182. The highest BCUT2D eigenvalue weighted by Gasteiger charge is 2.57. The van der Waals surface area contributed by atoms with Gasteiger partial charge in [-0.05, 0) is 94.0 Å². The lowest BCUT2D eigenvalue weighted by Gasteiger charge is -2.38. The van der Waals surface area contributed by atoms with Gasteiger partial charge >= 0.3 is 0 Å². The molecule has 0 amide bonds. The van der Waals surface area contributed by atoms with Crippen LogP contribution in [-0.4, -0.2) is 8.78 Å². The summed E-state index contributed by atoms with van der Waals surface area (Å²) in [6.07, 6.45) is 0. The summed E-state index contributed by atoms with van der Waals surface area (Å²) in [6.45, 7) is 0. The average molecular weight is 684 g/mol. The smallest absolute Gasteiger partial charge is 0.136 e. The standard InChI is InChI=1S/C48H29NO2S/c50-52(45-18-8-3-13-35(45)36-14-4-9-19-46(36)52)47-20-10-5-15-37(47)38-26-23-31(27-48(38)52)30-21-24-32(25-22-30)49-41-16-6-1-11-33(41)39-29-44-40(28-42(39)49)34-12-2-7-17-43(34)51-44/h1-29H. The molecule has 0 N–H and O–H groups in total. The van der Waals surface area contributed by atoms with E-state index in [0.717, 1.165) is 97.0 Å². The molecular formula is C48H29NO2S. The Labute approximate surface area is 299 Å². The van der Waals surface area contributed by atoms with Crippen LogP contribution >= 0.6 is 0 Å². The molecule has 0 saturated carbocycles. The highest BCUT2D eigenvalue weighted by molar-refractivity contribution is 8.21. The summed E-state index contributed by atoms with van der Waals surface area (Å²) in [5.74, 6) is 0. The van der Waals surface area contributed by atoms with Crippen molar-refractivity contribution >= 4 is 52.8 Å². The summed E-state index contributed by atoms with van der Waals surface area (Å²) < 4.78 is 25.5. The van der Waals surface area contributed by atoms with E-state index in [1.165, 1.54) is 5.39 Å². The molecule has 2 aliphatic rings. The molecule has 0 unspecified atom stereocenters. The van der Waals surface area contributed by atoms with Crippen molar-refractivity contribution in [1.29, 1.82) is 0 Å². The molecule has 0 radical (unpaired) electrons. The van der Waals surface area contributed by atoms with Gasteiger partial charge in [-0.1, -0.05) is 115 Å². The van der Waals surface area contributed by atoms with Crippen molar-refractivity contribution in [2.24, 2.45) is 0 Å². The van der Waals surface area contributed by atoms with E-state index >= 15 is 4.21 Å². The summed E-state index contributed by atoms with van der Waals surface area (Å²) in [5, 5.41) is 4.59. The van der Waals surface area contributed by atoms with Crippen molar-refractivity contribution in [2.75, 3.05) is 0 Å². The number of para-hydroxylation sites is 2. The molecular weight excluding hydrogens is 655 g/mol. The van der Waals surface area contributed by atoms with Crippen molar-refractivity contribution in [3.05, 3.63) is 176 Å². The molecule has 0 aliphatic carbocycles. The third kappa shape index (κ3) is 3.25. The van der Waals surface area contributed by atoms with Gasteiger partial charge < -0.3 is 8.98 Å². The largest absolute Gasteiger partial charge is 0.456 e. The molecule has 12 rings (SSSR count). The molecule has 0 bridgehead atoms. The van der Waals surface area contributed by atoms with E-state index in [1.54, 1.807) is 0 Å². The van der Waals surface area contributed by atoms with Crippen LogP contribution in [0.25, 0.3) is 82.8 Å². The fourth-order valence-electron chi connectivity index (χ4n) is 9.31. The van der Waals surface area contributed by atoms with Crippen molar-refractivity contribution in [3.63, 3.8) is 0 Å². The minimum atomic E-state index is -3.90. The first-order chi connectivity index (χ1) is 25.6. The Balaban J connectivity index is 1.06. The molecule has 52 heavy (non-hydrogen) atoms. The fraction of sp³-hybridized carbons (Fsp3) is 0. The van der Waals surface area contributed by atoms with E-state index in [2.05, 4.69) is 150 Å². The lowest BCUT2D eigenvalue weighted by Crippen LogP contribution is -2.30. The second kappa shape index (κ2) is 9.64. The zero-order valence-corrected chi connectivity index (χ0v) is 28.7. The summed E-state index contributed by atoms with van der Waals surface area (Å²) in [4.78, 5) is 3.62. The zero-order chi connectivity index (χ0) is 34.2. The Morgan fingerprint density at radius 3 is 1.63 bits per heavy atom. The van der Waals surface area contributed by atoms with E-state index in [-0.39, 0.29) is 0 Å². The molecule has 0 atom stereocenters. The van der Waals surface area contributed by atoms with Gasteiger partial charge in [-0.2, -0.15) is 0 Å². The SMILES string of the molecule is O=S12(c3ccccc3-c3ccccc31)c1ccccc1-c1ccc(-c3ccc(-n4c5ccccc5c5cc6oc7ccccc7c6cc54)cc3)cc12. The number of nitrogens with zero attached hydrogens (tertiary/aromatic N) is 1. The third-order valence-electron chi connectivity index (χ3n) is 11.5. The molecule has 3 nitrogen and oxygen atoms in total. The first-order valence-corrected chi connectivity index (χ1v) is 19.6. The monoisotopic (exact) mass is 683 g/mol. The van der Waals surface area contributed by atoms with Crippen LogP contribution in [0.1, 0.15) is 0 Å². The van der Waals surface area contributed by atoms with Crippen LogP contribution in [-0.2, 0) is 9.07 Å². The van der Waals surface area contributed by atoms with E-state index < -0.39 is 9.07 Å². The van der Waals surface area contributed by atoms with E-state index in [0.29, 0.717) is 0 Å². The minimum absolute atomic E-state index is 0.898. The van der Waals surface area contributed by atoms with Gasteiger partial charge in [0, 0.05) is 55.9 Å². The summed E-state index contributed by atoms with van der Waals surface area (Å²) in [5.41, 5.74) is 11.5. The Hall–Kier alpha value is -6.49. The molecule has 1 spiro atoms. The van der Waals surface area contributed by atoms with Gasteiger partial charge in [-0.3, -0.25) is 4.21 Å². The van der Waals surface area contributed by atoms with Gasteiger partial charge in [0.15, 0.2) is 0 Å². The van der Waals surface area contributed by atoms with Crippen LogP contribution in [0.3, 0.4) is 0 Å². The van der Waals surface area contributed by atoms with Crippen LogP contribution < -0.4 is 0 Å². The van der Waals surface area contributed by atoms with Crippen LogP contribution in [0.4, 0.5) is 0 Å². The van der Waals surface area contributed by atoms with E-state index in [4.69, 9.17) is 4.42 Å². The molecule has 2 aliphatic heterocycles. The topological polar surface area (TPSA) is 35.1 Å². The normalized spacial score (nSPS) is 15.4. The Kier molecular flexibility index (Phi) is 5.23. The van der Waals surface area contributed by atoms with Gasteiger partial charge in [0.1, 0.15) is 11.2 Å². The minimum Gasteiger partial charge on any atom is -0.456 e. The zero-order valence-electron chi connectivity index (χ0n) is 27.9. The molecule has 4 heterocycles. The summed E-state index contributed by atoms with van der Waals surface area (Å²) in [6, 6.07) is 61.6. The molecule has 4 heteroatoms. The Morgan fingerprint density at radius 2 is 0.942 bits per heavy atom. The number of fused-ring (bicyclic) bond motifs is 16. The predicted molar refractivity (Wildman–Crippen MR) is 212 cm³/mol. The molecule has 244 valence electrons. The second-order valence-electron chi connectivity index (χ2n) is 14.0. The number of furan rings is 1. The van der Waals surface area contributed by atoms with Gasteiger partial charge in [0.2, 0.25) is 0 Å². The first-order valence-electron chi connectivity index (χ1n) is 17.7. The fourth-order valence-corrected chi connectivity index (χ4v) is 14.5. The lowest BCUT2D eigenvalue weighted by molar-refractivity contribution is 0.658. The first kappa shape index (κ1) is 28.2. The van der Waals surface area contributed by atoms with E-state index in [1.807, 2.05) is 30.3 Å². The molecule has 2 aromatic heterocycles. The lowest BCUT2D eigenvalue weighted by atomic mass is 10.0. The molecule has 10 aromatic rings. The number of rotatable bonds is 2. The van der Waals surface area contributed by atoms with Gasteiger partial charge in [-0.15, -0.1) is 0 Å². The van der Waals surface area contributed by atoms with Crippen molar-refractivity contribution in [3.8, 4) is 39.1 Å².